The molecular formula is C18H21FN4O2. The Labute approximate surface area is 144 Å². The second kappa shape index (κ2) is 5.84. The lowest BCUT2D eigenvalue weighted by molar-refractivity contribution is 0.0858. The van der Waals surface area contributed by atoms with Crippen LogP contribution in [0.5, 0.6) is 0 Å². The van der Waals surface area contributed by atoms with Gasteiger partial charge in [-0.2, -0.15) is 9.78 Å². The van der Waals surface area contributed by atoms with Crippen molar-refractivity contribution in [2.45, 2.75) is 44.6 Å². The minimum atomic E-state index is -0.487. The minimum Gasteiger partial charge on any atom is -0.393 e. The van der Waals surface area contributed by atoms with E-state index in [1.807, 2.05) is 6.92 Å². The molecular weight excluding hydrogens is 323 g/mol. The molecule has 4 rings (SSSR count). The molecule has 25 heavy (non-hydrogen) atoms. The predicted molar refractivity (Wildman–Crippen MR) is 92.3 cm³/mol. The van der Waals surface area contributed by atoms with Gasteiger partial charge >= 0.3 is 0 Å². The Hall–Kier alpha value is -2.41. The Morgan fingerprint density at radius 2 is 2.24 bits per heavy atom. The molecule has 7 heteroatoms. The number of nitrogens with two attached hydrogens (primary N) is 1. The van der Waals surface area contributed by atoms with Crippen LogP contribution in [0.4, 0.5) is 15.9 Å². The lowest BCUT2D eigenvalue weighted by atomic mass is 9.88. The number of anilines is 2. The third-order valence-electron chi connectivity index (χ3n) is 5.21. The first-order valence-corrected chi connectivity index (χ1v) is 8.58. The first-order valence-electron chi connectivity index (χ1n) is 8.58. The molecule has 1 aromatic heterocycles. The molecule has 0 bridgehead atoms. The van der Waals surface area contributed by atoms with Crippen molar-refractivity contribution in [3.05, 3.63) is 40.3 Å². The number of carbonyl (C=O) groups excluding carboxylic acids is 1. The van der Waals surface area contributed by atoms with Crippen molar-refractivity contribution in [2.75, 3.05) is 17.6 Å². The lowest BCUT2D eigenvalue weighted by Gasteiger charge is -2.27. The van der Waals surface area contributed by atoms with Crippen LogP contribution in [-0.2, 0) is 12.8 Å². The van der Waals surface area contributed by atoms with Gasteiger partial charge in [0.25, 0.3) is 5.91 Å². The monoisotopic (exact) mass is 344 g/mol. The highest BCUT2D eigenvalue weighted by atomic mass is 19.1. The molecule has 0 spiro atoms. The van der Waals surface area contributed by atoms with E-state index in [0.717, 1.165) is 16.8 Å². The van der Waals surface area contributed by atoms with Crippen molar-refractivity contribution >= 4 is 17.4 Å². The van der Waals surface area contributed by atoms with Crippen LogP contribution in [0, 0.1) is 12.7 Å². The van der Waals surface area contributed by atoms with Crippen molar-refractivity contribution in [3.8, 4) is 0 Å². The summed E-state index contributed by atoms with van der Waals surface area (Å²) in [6, 6.07) is 2.88. The first-order chi connectivity index (χ1) is 12.0. The van der Waals surface area contributed by atoms with Crippen LogP contribution in [0.3, 0.4) is 0 Å². The number of nitrogens with zero attached hydrogens (tertiary/aromatic N) is 2. The number of nitrogens with one attached hydrogen (secondary N) is 1. The Bertz CT molecular complexity index is 861. The average molecular weight is 344 g/mol. The maximum absolute atomic E-state index is 13.9. The Morgan fingerprint density at radius 3 is 3.04 bits per heavy atom. The summed E-state index contributed by atoms with van der Waals surface area (Å²) >= 11 is 0. The summed E-state index contributed by atoms with van der Waals surface area (Å²) in [5.41, 5.74) is 9.96. The minimum absolute atomic E-state index is 0.242. The summed E-state index contributed by atoms with van der Waals surface area (Å²) in [5.74, 6) is -0.734. The fourth-order valence-electron chi connectivity index (χ4n) is 3.94. The zero-order valence-corrected chi connectivity index (χ0v) is 14.1. The molecule has 0 fully saturated rings. The van der Waals surface area contributed by atoms with Gasteiger partial charge in [0, 0.05) is 24.2 Å². The number of hydrogen-bond acceptors (Lipinski definition) is 5. The van der Waals surface area contributed by atoms with Gasteiger partial charge in [-0.05, 0) is 49.4 Å². The maximum Gasteiger partial charge on any atom is 0.256 e. The van der Waals surface area contributed by atoms with Crippen molar-refractivity contribution in [3.63, 3.8) is 0 Å². The molecule has 6 nitrogen and oxygen atoms in total. The summed E-state index contributed by atoms with van der Waals surface area (Å²) in [5, 5.41) is 17.4. The molecule has 1 aliphatic heterocycles. The van der Waals surface area contributed by atoms with Crippen molar-refractivity contribution in [1.82, 2.24) is 9.78 Å². The number of aryl methyl sites for hydroxylation is 1. The fraction of sp³-hybridized carbons (Fsp3) is 0.444. The van der Waals surface area contributed by atoms with Crippen LogP contribution in [-0.4, -0.2) is 33.4 Å². The molecule has 2 atom stereocenters. The number of fused-ring (bicyclic) bond motifs is 2. The Morgan fingerprint density at radius 1 is 1.44 bits per heavy atom. The summed E-state index contributed by atoms with van der Waals surface area (Å²) in [6.07, 6.45) is 1.77. The number of aromatic nitrogens is 2. The van der Waals surface area contributed by atoms with Gasteiger partial charge in [0.1, 0.15) is 11.6 Å². The van der Waals surface area contributed by atoms with E-state index in [9.17, 15) is 14.3 Å². The third-order valence-corrected chi connectivity index (χ3v) is 5.21. The lowest BCUT2D eigenvalue weighted by Crippen LogP contribution is -2.29. The second-order valence-corrected chi connectivity index (χ2v) is 6.91. The molecule has 1 aliphatic carbocycles. The molecule has 0 radical (unpaired) electrons. The standard InChI is InChI=1S/C18H21FN4O2/c1-9-6-10(19)7-14-12(4-5-21-16(9)14)18(25)23-17(20)13-3-2-11(24)8-15(13)22-23/h6-7,11-12,21,24H,2-5,8,20H2,1H3/t11-,12?/m1/s1. The number of carbonyl (C=O) groups is 1. The van der Waals surface area contributed by atoms with Crippen molar-refractivity contribution < 1.29 is 14.3 Å². The maximum atomic E-state index is 13.9. The average Bonchev–Trinajstić information content (AvgIpc) is 2.89. The number of hydrogen-bond donors (Lipinski definition) is 3. The fourth-order valence-corrected chi connectivity index (χ4v) is 3.94. The third kappa shape index (κ3) is 2.59. The van der Waals surface area contributed by atoms with Gasteiger partial charge in [-0.1, -0.05) is 0 Å². The van der Waals surface area contributed by atoms with Gasteiger partial charge in [-0.25, -0.2) is 4.39 Å². The SMILES string of the molecule is Cc1cc(F)cc2c1NCCC2C(=O)n1nc2c(c1N)CC[C@@H](O)C2. The molecule has 2 aliphatic rings. The normalized spacial score (nSPS) is 22.0. The summed E-state index contributed by atoms with van der Waals surface area (Å²) in [6.45, 7) is 2.46. The van der Waals surface area contributed by atoms with Crippen molar-refractivity contribution in [1.29, 1.82) is 0 Å². The van der Waals surface area contributed by atoms with Gasteiger partial charge in [0.05, 0.1) is 17.7 Å². The van der Waals surface area contributed by atoms with Crippen LogP contribution in [0.25, 0.3) is 0 Å². The summed E-state index contributed by atoms with van der Waals surface area (Å²) in [7, 11) is 0. The second-order valence-electron chi connectivity index (χ2n) is 6.91. The zero-order valence-electron chi connectivity index (χ0n) is 14.1. The number of rotatable bonds is 1. The van der Waals surface area contributed by atoms with Gasteiger partial charge in [0.15, 0.2) is 0 Å². The van der Waals surface area contributed by atoms with Crippen LogP contribution in [0.1, 0.15) is 45.9 Å². The number of aliphatic hydroxyl groups is 1. The van der Waals surface area contributed by atoms with Crippen LogP contribution in [0.2, 0.25) is 0 Å². The topological polar surface area (TPSA) is 93.2 Å². The van der Waals surface area contributed by atoms with E-state index in [0.29, 0.717) is 49.3 Å². The van der Waals surface area contributed by atoms with E-state index in [2.05, 4.69) is 10.4 Å². The first kappa shape index (κ1) is 16.1. The van der Waals surface area contributed by atoms with E-state index in [4.69, 9.17) is 5.73 Å². The van der Waals surface area contributed by atoms with E-state index in [-0.39, 0.29) is 11.7 Å². The summed E-state index contributed by atoms with van der Waals surface area (Å²) in [4.78, 5) is 13.1. The van der Waals surface area contributed by atoms with E-state index in [1.165, 1.54) is 16.8 Å². The molecule has 2 heterocycles. The number of halogens is 1. The molecule has 0 amide bonds. The molecule has 2 aromatic rings. The molecule has 4 N–H and O–H groups in total. The molecule has 0 saturated carbocycles. The van der Waals surface area contributed by atoms with E-state index < -0.39 is 12.0 Å². The molecule has 132 valence electrons. The largest absolute Gasteiger partial charge is 0.393 e. The Balaban J connectivity index is 1.74. The van der Waals surface area contributed by atoms with Gasteiger partial charge in [-0.15, -0.1) is 0 Å². The van der Waals surface area contributed by atoms with Crippen LogP contribution < -0.4 is 11.1 Å². The zero-order chi connectivity index (χ0) is 17.7. The van der Waals surface area contributed by atoms with Gasteiger partial charge in [0.2, 0.25) is 0 Å². The van der Waals surface area contributed by atoms with Gasteiger partial charge < -0.3 is 16.2 Å². The smallest absolute Gasteiger partial charge is 0.256 e. The van der Waals surface area contributed by atoms with Gasteiger partial charge in [-0.3, -0.25) is 4.79 Å². The summed E-state index contributed by atoms with van der Waals surface area (Å²) < 4.78 is 15.1. The highest BCUT2D eigenvalue weighted by Crippen LogP contribution is 2.37. The number of benzene rings is 1. The predicted octanol–water partition coefficient (Wildman–Crippen LogP) is 2.00. The highest BCUT2D eigenvalue weighted by Gasteiger charge is 2.33. The number of aliphatic hydroxyl groups excluding tert-OH is 1. The van der Waals surface area contributed by atoms with Crippen molar-refractivity contribution in [2.24, 2.45) is 0 Å². The molecule has 1 aromatic carbocycles. The quantitative estimate of drug-likeness (QED) is 0.736. The molecule has 0 saturated heterocycles. The van der Waals surface area contributed by atoms with E-state index in [1.54, 1.807) is 0 Å². The highest BCUT2D eigenvalue weighted by molar-refractivity contribution is 5.90. The van der Waals surface area contributed by atoms with Crippen LogP contribution in [0.15, 0.2) is 12.1 Å². The number of nitrogen functional groups attached to an aromatic ring is 1. The Kier molecular flexibility index (Phi) is 3.76. The molecule has 1 unspecified atom stereocenters. The van der Waals surface area contributed by atoms with E-state index >= 15 is 0 Å². The van der Waals surface area contributed by atoms with Crippen LogP contribution >= 0.6 is 0 Å².